The van der Waals surface area contributed by atoms with Crippen molar-refractivity contribution in [3.8, 4) is 22.4 Å². The van der Waals surface area contributed by atoms with Crippen molar-refractivity contribution in [3.63, 3.8) is 0 Å². The van der Waals surface area contributed by atoms with Crippen LogP contribution in [0.15, 0.2) is 85.7 Å². The number of pyridine rings is 1. The summed E-state index contributed by atoms with van der Waals surface area (Å²) in [5.41, 5.74) is 6.48. The zero-order valence-electron chi connectivity index (χ0n) is 16.9. The summed E-state index contributed by atoms with van der Waals surface area (Å²) in [7, 11) is 1.91. The molecule has 0 aliphatic rings. The zero-order valence-corrected chi connectivity index (χ0v) is 16.9. The molecule has 0 radical (unpaired) electrons. The highest BCUT2D eigenvalue weighted by Crippen LogP contribution is 2.29. The number of anilines is 1. The number of hydrogen-bond acceptors (Lipinski definition) is 4. The Morgan fingerprint density at radius 1 is 0.968 bits per heavy atom. The van der Waals surface area contributed by atoms with Crippen molar-refractivity contribution < 1.29 is 4.79 Å². The van der Waals surface area contributed by atoms with Gasteiger partial charge < -0.3 is 9.72 Å². The molecule has 7 nitrogen and oxygen atoms in total. The van der Waals surface area contributed by atoms with Gasteiger partial charge >= 0.3 is 0 Å². The van der Waals surface area contributed by atoms with Crippen molar-refractivity contribution in [1.29, 1.82) is 0 Å². The summed E-state index contributed by atoms with van der Waals surface area (Å²) in [6.07, 6.45) is 11.6. The van der Waals surface area contributed by atoms with Crippen LogP contribution in [-0.2, 0) is 18.3 Å². The molecule has 0 spiro atoms. The Kier molecular flexibility index (Phi) is 4.76. The zero-order chi connectivity index (χ0) is 21.2. The maximum absolute atomic E-state index is 12.3. The molecular formula is C24H20N6O. The average molecular weight is 408 g/mol. The van der Waals surface area contributed by atoms with Gasteiger partial charge in [-0.1, -0.05) is 18.2 Å². The van der Waals surface area contributed by atoms with Gasteiger partial charge in [-0.05, 0) is 30.3 Å². The molecule has 152 valence electrons. The number of nitrogens with one attached hydrogen (secondary N) is 1. The molecule has 7 heteroatoms. The standard InChI is InChI=1S/C24H20N6O/c1-29-15-19(14-27-29)18-12-22-24(26-10-11-30(22)16-18)17-5-7-20(8-6-17)28-23(31)13-21-4-2-3-9-25-21/h2-12,14-16H,13H2,1H3,(H,28,31). The summed E-state index contributed by atoms with van der Waals surface area (Å²) in [6.45, 7) is 0. The number of fused-ring (bicyclic) bond motifs is 1. The molecule has 4 aromatic heterocycles. The molecule has 1 N–H and O–H groups in total. The third-order valence-electron chi connectivity index (χ3n) is 5.07. The second-order valence-electron chi connectivity index (χ2n) is 7.32. The van der Waals surface area contributed by atoms with E-state index in [-0.39, 0.29) is 12.3 Å². The lowest BCUT2D eigenvalue weighted by Crippen LogP contribution is -2.14. The van der Waals surface area contributed by atoms with Crippen LogP contribution in [0.5, 0.6) is 0 Å². The molecule has 1 amide bonds. The number of benzene rings is 1. The molecule has 0 bridgehead atoms. The highest BCUT2D eigenvalue weighted by atomic mass is 16.1. The first-order valence-electron chi connectivity index (χ1n) is 9.92. The summed E-state index contributed by atoms with van der Waals surface area (Å²) in [5.74, 6) is -0.0978. The lowest BCUT2D eigenvalue weighted by molar-refractivity contribution is -0.115. The maximum atomic E-state index is 12.3. The molecule has 0 unspecified atom stereocenters. The predicted octanol–water partition coefficient (Wildman–Crippen LogP) is 3.98. The highest BCUT2D eigenvalue weighted by molar-refractivity contribution is 5.92. The number of carbonyl (C=O) groups is 1. The quantitative estimate of drug-likeness (QED) is 0.477. The molecule has 31 heavy (non-hydrogen) atoms. The fourth-order valence-electron chi connectivity index (χ4n) is 3.57. The van der Waals surface area contributed by atoms with Gasteiger partial charge in [0.25, 0.3) is 0 Å². The van der Waals surface area contributed by atoms with Gasteiger partial charge in [-0.3, -0.25) is 19.4 Å². The van der Waals surface area contributed by atoms with Gasteiger partial charge in [-0.2, -0.15) is 5.10 Å². The normalized spacial score (nSPS) is 11.0. The SMILES string of the molecule is Cn1cc(-c2cc3c(-c4ccc(NC(=O)Cc5ccccn5)cc4)nccn3c2)cn1. The molecule has 1 aromatic carbocycles. The largest absolute Gasteiger partial charge is 0.326 e. The molecule has 0 fully saturated rings. The summed E-state index contributed by atoms with van der Waals surface area (Å²) in [6, 6.07) is 15.4. The van der Waals surface area contributed by atoms with E-state index in [1.807, 2.05) is 68.1 Å². The van der Waals surface area contributed by atoms with Gasteiger partial charge in [0, 0.05) is 66.1 Å². The second-order valence-corrected chi connectivity index (χ2v) is 7.32. The fraction of sp³-hybridized carbons (Fsp3) is 0.0833. The van der Waals surface area contributed by atoms with Crippen LogP contribution >= 0.6 is 0 Å². The van der Waals surface area contributed by atoms with Crippen molar-refractivity contribution >= 4 is 17.1 Å². The number of rotatable bonds is 5. The van der Waals surface area contributed by atoms with Gasteiger partial charge in [-0.15, -0.1) is 0 Å². The van der Waals surface area contributed by atoms with E-state index in [2.05, 4.69) is 37.0 Å². The van der Waals surface area contributed by atoms with Crippen LogP contribution in [-0.4, -0.2) is 30.1 Å². The Morgan fingerprint density at radius 2 is 1.84 bits per heavy atom. The summed E-state index contributed by atoms with van der Waals surface area (Å²) >= 11 is 0. The minimum Gasteiger partial charge on any atom is -0.326 e. The van der Waals surface area contributed by atoms with Crippen LogP contribution in [0, 0.1) is 0 Å². The lowest BCUT2D eigenvalue weighted by atomic mass is 10.1. The molecule has 5 rings (SSSR count). The summed E-state index contributed by atoms with van der Waals surface area (Å²) in [4.78, 5) is 21.1. The highest BCUT2D eigenvalue weighted by Gasteiger charge is 2.11. The van der Waals surface area contributed by atoms with E-state index in [1.165, 1.54) is 0 Å². The van der Waals surface area contributed by atoms with Crippen LogP contribution < -0.4 is 5.32 Å². The Labute approximate surface area is 179 Å². The summed E-state index contributed by atoms with van der Waals surface area (Å²) < 4.78 is 3.85. The first kappa shape index (κ1) is 18.7. The second kappa shape index (κ2) is 7.87. The molecule has 0 aliphatic carbocycles. The van der Waals surface area contributed by atoms with Gasteiger partial charge in [0.2, 0.25) is 5.91 Å². The first-order chi connectivity index (χ1) is 15.2. The third kappa shape index (κ3) is 3.93. The average Bonchev–Trinajstić information content (AvgIpc) is 3.41. The van der Waals surface area contributed by atoms with Crippen molar-refractivity contribution in [2.75, 3.05) is 5.32 Å². The Bertz CT molecular complexity index is 1350. The van der Waals surface area contributed by atoms with Gasteiger partial charge in [0.1, 0.15) is 0 Å². The van der Waals surface area contributed by atoms with Gasteiger partial charge in [0.15, 0.2) is 0 Å². The number of amides is 1. The van der Waals surface area contributed by atoms with Crippen LogP contribution in [0.25, 0.3) is 27.9 Å². The molecule has 0 aliphatic heterocycles. The smallest absolute Gasteiger partial charge is 0.230 e. The number of carbonyl (C=O) groups excluding carboxylic acids is 1. The topological polar surface area (TPSA) is 77.1 Å². The van der Waals surface area contributed by atoms with E-state index in [0.29, 0.717) is 0 Å². The number of nitrogens with zero attached hydrogens (tertiary/aromatic N) is 5. The minimum absolute atomic E-state index is 0.0978. The monoisotopic (exact) mass is 408 g/mol. The molecule has 4 heterocycles. The van der Waals surface area contributed by atoms with Crippen molar-refractivity contribution in [3.05, 3.63) is 91.4 Å². The van der Waals surface area contributed by atoms with E-state index in [9.17, 15) is 4.79 Å². The Balaban J connectivity index is 1.38. The predicted molar refractivity (Wildman–Crippen MR) is 119 cm³/mol. The molecular weight excluding hydrogens is 388 g/mol. The van der Waals surface area contributed by atoms with Crippen molar-refractivity contribution in [2.24, 2.45) is 7.05 Å². The lowest BCUT2D eigenvalue weighted by Gasteiger charge is -2.07. The maximum Gasteiger partial charge on any atom is 0.230 e. The number of aryl methyl sites for hydroxylation is 1. The fourth-order valence-corrected chi connectivity index (χ4v) is 3.57. The number of hydrogen-bond donors (Lipinski definition) is 1. The van der Waals surface area contributed by atoms with E-state index in [0.717, 1.165) is 39.3 Å². The van der Waals surface area contributed by atoms with E-state index in [4.69, 9.17) is 0 Å². The van der Waals surface area contributed by atoms with Crippen LogP contribution in [0.2, 0.25) is 0 Å². The first-order valence-corrected chi connectivity index (χ1v) is 9.92. The Morgan fingerprint density at radius 3 is 2.58 bits per heavy atom. The molecule has 0 saturated carbocycles. The molecule has 5 aromatic rings. The minimum atomic E-state index is -0.0978. The van der Waals surface area contributed by atoms with Gasteiger partial charge in [0.05, 0.1) is 23.8 Å². The van der Waals surface area contributed by atoms with Crippen LogP contribution in [0.1, 0.15) is 5.69 Å². The molecule has 0 atom stereocenters. The number of aromatic nitrogens is 5. The van der Waals surface area contributed by atoms with Crippen LogP contribution in [0.3, 0.4) is 0 Å². The Hall–Kier alpha value is -4.26. The third-order valence-corrected chi connectivity index (χ3v) is 5.07. The summed E-state index contributed by atoms with van der Waals surface area (Å²) in [5, 5.41) is 7.18. The van der Waals surface area contributed by atoms with E-state index in [1.54, 1.807) is 17.1 Å². The van der Waals surface area contributed by atoms with E-state index < -0.39 is 0 Å². The molecule has 0 saturated heterocycles. The van der Waals surface area contributed by atoms with Crippen molar-refractivity contribution in [1.82, 2.24) is 24.1 Å². The van der Waals surface area contributed by atoms with Crippen LogP contribution in [0.4, 0.5) is 5.69 Å². The van der Waals surface area contributed by atoms with E-state index >= 15 is 0 Å². The van der Waals surface area contributed by atoms with Crippen molar-refractivity contribution in [2.45, 2.75) is 6.42 Å². The van der Waals surface area contributed by atoms with Gasteiger partial charge in [-0.25, -0.2) is 0 Å².